The van der Waals surface area contributed by atoms with Crippen molar-refractivity contribution in [2.24, 2.45) is 0 Å². The van der Waals surface area contributed by atoms with E-state index in [1.165, 1.54) is 18.2 Å². The number of imide groups is 2. The van der Waals surface area contributed by atoms with Crippen LogP contribution in [0, 0.1) is 3.57 Å². The Morgan fingerprint density at radius 1 is 1.10 bits per heavy atom. The Morgan fingerprint density at radius 2 is 1.81 bits per heavy atom. The molecule has 1 N–H and O–H groups in total. The molecule has 3 rings (SSSR count). The van der Waals surface area contributed by atoms with E-state index in [2.05, 4.69) is 27.9 Å². The molecule has 0 atom stereocenters. The molecule has 0 unspecified atom stereocenters. The first-order chi connectivity index (χ1) is 14.8. The summed E-state index contributed by atoms with van der Waals surface area (Å²) in [5, 5.41) is 2.36. The lowest BCUT2D eigenvalue weighted by atomic mass is 10.1. The number of ether oxygens (including phenoxy) is 2. The van der Waals surface area contributed by atoms with Crippen molar-refractivity contribution in [3.63, 3.8) is 0 Å². The summed E-state index contributed by atoms with van der Waals surface area (Å²) in [4.78, 5) is 38.7. The number of carbonyl (C=O) groups is 3. The highest BCUT2D eigenvalue weighted by Crippen LogP contribution is 2.36. The molecule has 0 radical (unpaired) electrons. The van der Waals surface area contributed by atoms with Crippen molar-refractivity contribution < 1.29 is 23.9 Å². The molecule has 1 saturated heterocycles. The van der Waals surface area contributed by atoms with Crippen LogP contribution in [0.2, 0.25) is 10.0 Å². The van der Waals surface area contributed by atoms with Gasteiger partial charge in [0.25, 0.3) is 11.8 Å². The Hall–Kier alpha value is -2.30. The van der Waals surface area contributed by atoms with Crippen LogP contribution >= 0.6 is 45.8 Å². The number of urea groups is 1. The molecule has 1 aliphatic rings. The summed E-state index contributed by atoms with van der Waals surface area (Å²) in [7, 11) is 0. The fourth-order valence-corrected chi connectivity index (χ4v) is 4.09. The number of benzene rings is 2. The van der Waals surface area contributed by atoms with Gasteiger partial charge in [-0.3, -0.25) is 14.9 Å². The van der Waals surface area contributed by atoms with Crippen LogP contribution in [-0.2, 0) is 9.59 Å². The smallest absolute Gasteiger partial charge is 0.336 e. The van der Waals surface area contributed by atoms with Crippen molar-refractivity contribution in [1.29, 1.82) is 0 Å². The van der Waals surface area contributed by atoms with Crippen molar-refractivity contribution in [2.75, 3.05) is 18.1 Å². The van der Waals surface area contributed by atoms with E-state index in [4.69, 9.17) is 32.7 Å². The maximum atomic E-state index is 13.1. The Labute approximate surface area is 202 Å². The van der Waals surface area contributed by atoms with Gasteiger partial charge in [-0.25, -0.2) is 9.69 Å². The molecule has 10 heteroatoms. The molecule has 31 heavy (non-hydrogen) atoms. The topological polar surface area (TPSA) is 84.9 Å². The van der Waals surface area contributed by atoms with Gasteiger partial charge in [0.1, 0.15) is 5.57 Å². The van der Waals surface area contributed by atoms with Crippen LogP contribution in [0.15, 0.2) is 35.9 Å². The van der Waals surface area contributed by atoms with Crippen LogP contribution < -0.4 is 19.7 Å². The van der Waals surface area contributed by atoms with E-state index in [0.29, 0.717) is 30.3 Å². The predicted molar refractivity (Wildman–Crippen MR) is 127 cm³/mol. The molecule has 1 fully saturated rings. The summed E-state index contributed by atoms with van der Waals surface area (Å²) < 4.78 is 12.0. The van der Waals surface area contributed by atoms with Gasteiger partial charge in [0.15, 0.2) is 11.5 Å². The van der Waals surface area contributed by atoms with Gasteiger partial charge in [-0.05, 0) is 72.3 Å². The van der Waals surface area contributed by atoms with E-state index in [9.17, 15) is 14.4 Å². The number of hydrogen-bond donors (Lipinski definition) is 1. The molecule has 0 aliphatic carbocycles. The van der Waals surface area contributed by atoms with Crippen molar-refractivity contribution >= 4 is 75.4 Å². The summed E-state index contributed by atoms with van der Waals surface area (Å²) in [5.74, 6) is -0.572. The van der Waals surface area contributed by atoms with Gasteiger partial charge in [-0.1, -0.05) is 29.3 Å². The zero-order chi connectivity index (χ0) is 22.7. The van der Waals surface area contributed by atoms with Crippen LogP contribution in [-0.4, -0.2) is 31.1 Å². The summed E-state index contributed by atoms with van der Waals surface area (Å²) in [6.45, 7) is 4.56. The molecule has 2 aromatic carbocycles. The normalized spacial score (nSPS) is 15.3. The number of anilines is 1. The highest BCUT2D eigenvalue weighted by Gasteiger charge is 2.38. The fraction of sp³-hybridized carbons (Fsp3) is 0.190. The first kappa shape index (κ1) is 23.4. The highest BCUT2D eigenvalue weighted by molar-refractivity contribution is 14.1. The van der Waals surface area contributed by atoms with E-state index in [1.54, 1.807) is 18.2 Å². The van der Waals surface area contributed by atoms with Gasteiger partial charge in [0, 0.05) is 0 Å². The molecule has 1 heterocycles. The molecule has 0 aromatic heterocycles. The Balaban J connectivity index is 2.07. The first-order valence-electron chi connectivity index (χ1n) is 9.23. The largest absolute Gasteiger partial charge is 0.490 e. The molecule has 2 aromatic rings. The maximum absolute atomic E-state index is 13.1. The number of amides is 4. The SMILES string of the molecule is CCOc1cc(/C=C2\C(=O)NC(=O)N(c3cccc(Cl)c3Cl)C2=O)cc(I)c1OCC. The minimum atomic E-state index is -0.910. The average Bonchev–Trinajstić information content (AvgIpc) is 2.71. The van der Waals surface area contributed by atoms with E-state index in [0.717, 1.165) is 8.47 Å². The molecule has 0 saturated carbocycles. The molecule has 7 nitrogen and oxygen atoms in total. The third-order valence-electron chi connectivity index (χ3n) is 4.21. The van der Waals surface area contributed by atoms with Crippen LogP contribution in [0.5, 0.6) is 11.5 Å². The standard InChI is InChI=1S/C21H17Cl2IN2O5/c1-3-30-16-10-11(9-14(24)18(16)31-4-2)8-12-19(27)25-21(29)26(20(12)28)15-7-5-6-13(22)17(15)23/h5-10H,3-4H2,1-2H3,(H,25,27,29)/b12-8+. The zero-order valence-electron chi connectivity index (χ0n) is 16.5. The molecular formula is C21H17Cl2IN2O5. The third kappa shape index (κ3) is 4.81. The quantitative estimate of drug-likeness (QED) is 0.296. The van der Waals surface area contributed by atoms with E-state index >= 15 is 0 Å². The lowest BCUT2D eigenvalue weighted by molar-refractivity contribution is -0.122. The summed E-state index contributed by atoms with van der Waals surface area (Å²) in [6.07, 6.45) is 1.38. The second-order valence-corrected chi connectivity index (χ2v) is 8.17. The number of barbiturate groups is 1. The van der Waals surface area contributed by atoms with E-state index in [-0.39, 0.29) is 21.3 Å². The number of rotatable bonds is 6. The molecular weight excluding hydrogens is 558 g/mol. The molecule has 0 bridgehead atoms. The van der Waals surface area contributed by atoms with Gasteiger partial charge in [-0.2, -0.15) is 0 Å². The summed E-state index contributed by atoms with van der Waals surface area (Å²) in [5.41, 5.74) is 0.366. The van der Waals surface area contributed by atoms with Gasteiger partial charge in [0.05, 0.1) is 32.5 Å². The number of hydrogen-bond acceptors (Lipinski definition) is 5. The lowest BCUT2D eigenvalue weighted by Crippen LogP contribution is -2.54. The average molecular weight is 575 g/mol. The second kappa shape index (κ2) is 9.88. The Bertz CT molecular complexity index is 1100. The summed E-state index contributed by atoms with van der Waals surface area (Å²) >= 11 is 14.3. The van der Waals surface area contributed by atoms with Crippen LogP contribution in [0.1, 0.15) is 19.4 Å². The Kier molecular flexibility index (Phi) is 7.45. The molecule has 0 spiro atoms. The zero-order valence-corrected chi connectivity index (χ0v) is 20.2. The summed E-state index contributed by atoms with van der Waals surface area (Å²) in [6, 6.07) is 7.04. The van der Waals surface area contributed by atoms with Crippen LogP contribution in [0.3, 0.4) is 0 Å². The maximum Gasteiger partial charge on any atom is 0.336 e. The second-order valence-electron chi connectivity index (χ2n) is 6.23. The minimum absolute atomic E-state index is 0.0237. The minimum Gasteiger partial charge on any atom is -0.490 e. The highest BCUT2D eigenvalue weighted by atomic mass is 127. The van der Waals surface area contributed by atoms with E-state index in [1.807, 2.05) is 13.8 Å². The number of nitrogens with one attached hydrogen (secondary N) is 1. The van der Waals surface area contributed by atoms with Crippen molar-refractivity contribution in [3.05, 3.63) is 55.1 Å². The number of carbonyl (C=O) groups excluding carboxylic acids is 3. The molecule has 162 valence electrons. The monoisotopic (exact) mass is 574 g/mol. The number of halogens is 3. The number of nitrogens with zero attached hydrogens (tertiary/aromatic N) is 1. The van der Waals surface area contributed by atoms with E-state index < -0.39 is 17.8 Å². The first-order valence-corrected chi connectivity index (χ1v) is 11.1. The van der Waals surface area contributed by atoms with Gasteiger partial charge < -0.3 is 9.47 Å². The third-order valence-corrected chi connectivity index (χ3v) is 5.82. The lowest BCUT2D eigenvalue weighted by Gasteiger charge is -2.27. The van der Waals surface area contributed by atoms with Gasteiger partial charge in [0.2, 0.25) is 0 Å². The van der Waals surface area contributed by atoms with Gasteiger partial charge >= 0.3 is 6.03 Å². The molecule has 4 amide bonds. The van der Waals surface area contributed by atoms with Crippen molar-refractivity contribution in [1.82, 2.24) is 5.32 Å². The molecule has 1 aliphatic heterocycles. The fourth-order valence-electron chi connectivity index (χ4n) is 2.93. The predicted octanol–water partition coefficient (Wildman–Crippen LogP) is 5.06. The van der Waals surface area contributed by atoms with Crippen molar-refractivity contribution in [2.45, 2.75) is 13.8 Å². The van der Waals surface area contributed by atoms with Gasteiger partial charge in [-0.15, -0.1) is 0 Å². The van der Waals surface area contributed by atoms with Crippen molar-refractivity contribution in [3.8, 4) is 11.5 Å². The van der Waals surface area contributed by atoms with Crippen LogP contribution in [0.25, 0.3) is 6.08 Å². The Morgan fingerprint density at radius 3 is 2.48 bits per heavy atom. The van der Waals surface area contributed by atoms with Crippen LogP contribution in [0.4, 0.5) is 10.5 Å².